The summed E-state index contributed by atoms with van der Waals surface area (Å²) >= 11 is 0.924. The first-order valence-electron chi connectivity index (χ1n) is 4.04. The van der Waals surface area contributed by atoms with Gasteiger partial charge in [-0.25, -0.2) is 0 Å². The summed E-state index contributed by atoms with van der Waals surface area (Å²) in [5.41, 5.74) is 0.638. The molecule has 0 saturated heterocycles. The minimum atomic E-state index is -0.490. The molecule has 0 fully saturated rings. The Morgan fingerprint density at radius 2 is 2.29 bits per heavy atom. The lowest BCUT2D eigenvalue weighted by Crippen LogP contribution is -1.87. The number of hydrogen-bond acceptors (Lipinski definition) is 3. The highest BCUT2D eigenvalue weighted by Gasteiger charge is 2.13. The molecule has 1 aromatic carbocycles. The zero-order chi connectivity index (χ0) is 10.1. The average molecular weight is 210 g/mol. The summed E-state index contributed by atoms with van der Waals surface area (Å²) in [6.45, 7) is -0.186. The second-order valence-corrected chi connectivity index (χ2v) is 3.86. The molecule has 0 bridgehead atoms. The van der Waals surface area contributed by atoms with Crippen LogP contribution in [-0.2, 0) is 6.61 Å². The lowest BCUT2D eigenvalue weighted by atomic mass is 10.1. The molecule has 72 valence electrons. The van der Waals surface area contributed by atoms with E-state index in [0.717, 1.165) is 11.3 Å². The molecule has 0 unspecified atom stereocenters. The predicted molar refractivity (Wildman–Crippen MR) is 53.1 cm³/mol. The van der Waals surface area contributed by atoms with Gasteiger partial charge in [0.15, 0.2) is 11.4 Å². The quantitative estimate of drug-likeness (QED) is 0.772. The molecule has 0 aliphatic heterocycles. The zero-order valence-corrected chi connectivity index (χ0v) is 7.97. The highest BCUT2D eigenvalue weighted by atomic mass is 32.1. The van der Waals surface area contributed by atoms with Gasteiger partial charge in [-0.1, -0.05) is 12.1 Å². The number of halogens is 1. The van der Waals surface area contributed by atoms with Crippen LogP contribution in [0.5, 0.6) is 0 Å². The van der Waals surface area contributed by atoms with Crippen molar-refractivity contribution in [3.05, 3.63) is 34.5 Å². The van der Waals surface area contributed by atoms with Crippen molar-refractivity contribution in [2.75, 3.05) is 0 Å². The van der Waals surface area contributed by atoms with Gasteiger partial charge in [0.1, 0.15) is 0 Å². The molecule has 0 amide bonds. The van der Waals surface area contributed by atoms with E-state index in [1.807, 2.05) is 0 Å². The number of carbonyl (C=O) groups is 1. The summed E-state index contributed by atoms with van der Waals surface area (Å²) in [5, 5.41) is 9.08. The Bertz CT molecular complexity index is 490. The van der Waals surface area contributed by atoms with Crippen molar-refractivity contribution in [3.8, 4) is 0 Å². The van der Waals surface area contributed by atoms with E-state index >= 15 is 0 Å². The Labute approximate surface area is 83.6 Å². The standard InChI is InChI=1S/C10H7FO2S/c11-10-7(5-13)9-6(4-12)2-1-3-8(9)14-10/h1-3,5,12H,4H2. The van der Waals surface area contributed by atoms with Crippen molar-refractivity contribution in [3.63, 3.8) is 0 Å². The fraction of sp³-hybridized carbons (Fsp3) is 0.100. The molecule has 0 aliphatic rings. The average Bonchev–Trinajstić information content (AvgIpc) is 2.52. The van der Waals surface area contributed by atoms with Gasteiger partial charge in [-0.05, 0) is 11.6 Å². The first-order valence-corrected chi connectivity index (χ1v) is 4.85. The van der Waals surface area contributed by atoms with Crippen molar-refractivity contribution in [2.45, 2.75) is 6.61 Å². The number of hydrogen-bond donors (Lipinski definition) is 1. The molecule has 2 rings (SSSR count). The number of thiophene rings is 1. The van der Waals surface area contributed by atoms with Crippen molar-refractivity contribution < 1.29 is 14.3 Å². The van der Waals surface area contributed by atoms with Gasteiger partial charge in [-0.2, -0.15) is 4.39 Å². The van der Waals surface area contributed by atoms with Crippen molar-refractivity contribution in [2.24, 2.45) is 0 Å². The summed E-state index contributed by atoms with van der Waals surface area (Å²) in [7, 11) is 0. The molecular weight excluding hydrogens is 203 g/mol. The molecule has 0 aliphatic carbocycles. The molecule has 0 atom stereocenters. The molecule has 14 heavy (non-hydrogen) atoms. The monoisotopic (exact) mass is 210 g/mol. The predicted octanol–water partition coefficient (Wildman–Crippen LogP) is 2.35. The number of benzene rings is 1. The Morgan fingerprint density at radius 3 is 2.93 bits per heavy atom. The van der Waals surface area contributed by atoms with Crippen LogP contribution in [0.4, 0.5) is 4.39 Å². The van der Waals surface area contributed by atoms with E-state index in [4.69, 9.17) is 5.11 Å². The van der Waals surface area contributed by atoms with E-state index < -0.39 is 5.13 Å². The van der Waals surface area contributed by atoms with Gasteiger partial charge in [0.25, 0.3) is 0 Å². The van der Waals surface area contributed by atoms with Crippen molar-refractivity contribution >= 4 is 27.7 Å². The molecule has 0 spiro atoms. The van der Waals surface area contributed by atoms with Crippen LogP contribution >= 0.6 is 11.3 Å². The molecule has 0 saturated carbocycles. The minimum Gasteiger partial charge on any atom is -0.392 e. The highest BCUT2D eigenvalue weighted by Crippen LogP contribution is 2.31. The molecule has 4 heteroatoms. The van der Waals surface area contributed by atoms with Crippen LogP contribution in [0, 0.1) is 5.13 Å². The van der Waals surface area contributed by atoms with Crippen LogP contribution < -0.4 is 0 Å². The van der Waals surface area contributed by atoms with Gasteiger partial charge in [0.05, 0.1) is 12.2 Å². The third-order valence-corrected chi connectivity index (χ3v) is 3.04. The van der Waals surface area contributed by atoms with Crippen LogP contribution in [0.3, 0.4) is 0 Å². The SMILES string of the molecule is O=Cc1c(F)sc2cccc(CO)c12. The highest BCUT2D eigenvalue weighted by molar-refractivity contribution is 7.17. The molecular formula is C10H7FO2S. The Morgan fingerprint density at radius 1 is 1.50 bits per heavy atom. The second kappa shape index (κ2) is 3.48. The largest absolute Gasteiger partial charge is 0.392 e. The summed E-state index contributed by atoms with van der Waals surface area (Å²) in [5.74, 6) is 0. The zero-order valence-electron chi connectivity index (χ0n) is 7.16. The Hall–Kier alpha value is -1.26. The summed E-state index contributed by atoms with van der Waals surface area (Å²) in [6, 6.07) is 5.15. The van der Waals surface area contributed by atoms with Gasteiger partial charge >= 0.3 is 0 Å². The Kier molecular flexibility index (Phi) is 2.31. The molecule has 2 aromatic rings. The summed E-state index contributed by atoms with van der Waals surface area (Å²) < 4.78 is 13.9. The molecule has 0 radical (unpaired) electrons. The van der Waals surface area contributed by atoms with Crippen LogP contribution in [0.2, 0.25) is 0 Å². The number of aldehydes is 1. The maximum Gasteiger partial charge on any atom is 0.188 e. The van der Waals surface area contributed by atoms with Gasteiger partial charge in [0, 0.05) is 10.1 Å². The molecule has 2 nitrogen and oxygen atoms in total. The van der Waals surface area contributed by atoms with E-state index in [0.29, 0.717) is 21.9 Å². The van der Waals surface area contributed by atoms with E-state index in [1.165, 1.54) is 0 Å². The lowest BCUT2D eigenvalue weighted by Gasteiger charge is -1.98. The van der Waals surface area contributed by atoms with Crippen LogP contribution in [0.15, 0.2) is 18.2 Å². The number of rotatable bonds is 2. The van der Waals surface area contributed by atoms with Crippen molar-refractivity contribution in [1.82, 2.24) is 0 Å². The molecule has 1 heterocycles. The smallest absolute Gasteiger partial charge is 0.188 e. The Balaban J connectivity index is 2.89. The fourth-order valence-electron chi connectivity index (χ4n) is 1.45. The first kappa shape index (κ1) is 9.30. The van der Waals surface area contributed by atoms with Crippen molar-refractivity contribution in [1.29, 1.82) is 0 Å². The maximum absolute atomic E-state index is 13.2. The third-order valence-electron chi connectivity index (χ3n) is 2.08. The summed E-state index contributed by atoms with van der Waals surface area (Å²) in [6.07, 6.45) is 0.493. The first-order chi connectivity index (χ1) is 6.77. The molecule has 1 aromatic heterocycles. The topological polar surface area (TPSA) is 37.3 Å². The van der Waals surface area contributed by atoms with E-state index in [2.05, 4.69) is 0 Å². The van der Waals surface area contributed by atoms with Gasteiger partial charge in [0.2, 0.25) is 0 Å². The maximum atomic E-state index is 13.2. The van der Waals surface area contributed by atoms with E-state index in [9.17, 15) is 9.18 Å². The number of aliphatic hydroxyl groups excluding tert-OH is 1. The van der Waals surface area contributed by atoms with Crippen LogP contribution in [-0.4, -0.2) is 11.4 Å². The molecule has 1 N–H and O–H groups in total. The van der Waals surface area contributed by atoms with Crippen LogP contribution in [0.25, 0.3) is 10.1 Å². The minimum absolute atomic E-state index is 0.0506. The fourth-order valence-corrected chi connectivity index (χ4v) is 2.40. The lowest BCUT2D eigenvalue weighted by molar-refractivity contribution is 0.112. The van der Waals surface area contributed by atoms with Gasteiger partial charge in [-0.15, -0.1) is 11.3 Å². The number of fused-ring (bicyclic) bond motifs is 1. The van der Waals surface area contributed by atoms with E-state index in [-0.39, 0.29) is 12.2 Å². The normalized spacial score (nSPS) is 10.7. The van der Waals surface area contributed by atoms with Gasteiger partial charge < -0.3 is 5.11 Å². The van der Waals surface area contributed by atoms with Crippen LogP contribution in [0.1, 0.15) is 15.9 Å². The second-order valence-electron chi connectivity index (χ2n) is 2.86. The number of aliphatic hydroxyl groups is 1. The number of carbonyl (C=O) groups excluding carboxylic acids is 1. The van der Waals surface area contributed by atoms with Gasteiger partial charge in [-0.3, -0.25) is 4.79 Å². The third kappa shape index (κ3) is 1.23. The summed E-state index contributed by atoms with van der Waals surface area (Å²) in [4.78, 5) is 10.7. The van der Waals surface area contributed by atoms with E-state index in [1.54, 1.807) is 18.2 Å².